The third kappa shape index (κ3) is 3.59. The molecule has 1 aliphatic rings. The number of nitrogens with zero attached hydrogens (tertiary/aromatic N) is 5. The average Bonchev–Trinajstić information content (AvgIpc) is 2.52. The van der Waals surface area contributed by atoms with Crippen LogP contribution in [0.5, 0.6) is 0 Å². The Labute approximate surface area is 125 Å². The molecule has 7 nitrogen and oxygen atoms in total. The first-order chi connectivity index (χ1) is 10.1. The number of aromatic nitrogens is 2. The second-order valence-corrected chi connectivity index (χ2v) is 5.45. The molecule has 1 aromatic rings. The van der Waals surface area contributed by atoms with Gasteiger partial charge in [0.2, 0.25) is 11.6 Å². The Morgan fingerprint density at radius 1 is 1.33 bits per heavy atom. The van der Waals surface area contributed by atoms with Gasteiger partial charge in [0.15, 0.2) is 0 Å². The van der Waals surface area contributed by atoms with Crippen molar-refractivity contribution in [2.45, 2.75) is 39.0 Å². The standard InChI is InChI=1S/C14H23N5O2/c1-3-4-8-17(2)13-12(19(20)21)14(16-11-15-13)18-9-6-5-7-10-18/h11H,3-10H2,1-2H3. The van der Waals surface area contributed by atoms with Gasteiger partial charge in [-0.05, 0) is 25.7 Å². The van der Waals surface area contributed by atoms with Crippen LogP contribution in [0.15, 0.2) is 6.33 Å². The summed E-state index contributed by atoms with van der Waals surface area (Å²) in [6.45, 7) is 4.51. The summed E-state index contributed by atoms with van der Waals surface area (Å²) in [5.74, 6) is 0.886. The molecule has 0 bridgehead atoms. The van der Waals surface area contributed by atoms with Crippen molar-refractivity contribution < 1.29 is 4.92 Å². The van der Waals surface area contributed by atoms with E-state index in [4.69, 9.17) is 0 Å². The highest BCUT2D eigenvalue weighted by Crippen LogP contribution is 2.34. The van der Waals surface area contributed by atoms with Gasteiger partial charge in [0.25, 0.3) is 0 Å². The zero-order valence-corrected chi connectivity index (χ0v) is 12.8. The van der Waals surface area contributed by atoms with Crippen LogP contribution < -0.4 is 9.80 Å². The Morgan fingerprint density at radius 3 is 2.67 bits per heavy atom. The lowest BCUT2D eigenvalue weighted by atomic mass is 10.1. The van der Waals surface area contributed by atoms with Crippen LogP contribution in [-0.2, 0) is 0 Å². The van der Waals surface area contributed by atoms with Crippen molar-refractivity contribution in [3.63, 3.8) is 0 Å². The fourth-order valence-corrected chi connectivity index (χ4v) is 2.64. The number of unbranched alkanes of at least 4 members (excludes halogenated alkanes) is 1. The topological polar surface area (TPSA) is 75.4 Å². The molecular weight excluding hydrogens is 270 g/mol. The molecule has 0 radical (unpaired) electrons. The van der Waals surface area contributed by atoms with Crippen LogP contribution in [0, 0.1) is 10.1 Å². The smallest absolute Gasteiger partial charge is 0.353 e. The van der Waals surface area contributed by atoms with E-state index in [0.717, 1.165) is 45.3 Å². The molecule has 1 aliphatic heterocycles. The van der Waals surface area contributed by atoms with Crippen molar-refractivity contribution in [3.8, 4) is 0 Å². The summed E-state index contributed by atoms with van der Waals surface area (Å²) in [7, 11) is 1.85. The van der Waals surface area contributed by atoms with E-state index in [9.17, 15) is 10.1 Å². The Balaban J connectivity index is 2.34. The van der Waals surface area contributed by atoms with E-state index in [1.165, 1.54) is 12.7 Å². The van der Waals surface area contributed by atoms with E-state index >= 15 is 0 Å². The predicted octanol–water partition coefficient (Wildman–Crippen LogP) is 2.61. The summed E-state index contributed by atoms with van der Waals surface area (Å²) in [5.41, 5.74) is 0.0398. The highest BCUT2D eigenvalue weighted by Gasteiger charge is 2.29. The van der Waals surface area contributed by atoms with Crippen molar-refractivity contribution in [2.75, 3.05) is 36.5 Å². The quantitative estimate of drug-likeness (QED) is 0.593. The molecule has 2 rings (SSSR count). The molecule has 0 spiro atoms. The number of hydrogen-bond donors (Lipinski definition) is 0. The number of nitro groups is 1. The highest BCUT2D eigenvalue weighted by molar-refractivity contribution is 5.71. The van der Waals surface area contributed by atoms with Gasteiger partial charge in [-0.15, -0.1) is 0 Å². The molecule has 0 aromatic carbocycles. The normalized spacial score (nSPS) is 15.0. The molecule has 0 unspecified atom stereocenters. The van der Waals surface area contributed by atoms with E-state index in [-0.39, 0.29) is 10.6 Å². The van der Waals surface area contributed by atoms with Crippen LogP contribution in [0.1, 0.15) is 39.0 Å². The fraction of sp³-hybridized carbons (Fsp3) is 0.714. The molecule has 1 aromatic heterocycles. The summed E-state index contributed by atoms with van der Waals surface area (Å²) in [6.07, 6.45) is 6.76. The van der Waals surface area contributed by atoms with Crippen molar-refractivity contribution in [3.05, 3.63) is 16.4 Å². The van der Waals surface area contributed by atoms with Crippen molar-refractivity contribution in [1.29, 1.82) is 0 Å². The van der Waals surface area contributed by atoms with Gasteiger partial charge in [-0.3, -0.25) is 10.1 Å². The first-order valence-corrected chi connectivity index (χ1v) is 7.60. The molecule has 0 atom stereocenters. The summed E-state index contributed by atoms with van der Waals surface area (Å²) in [4.78, 5) is 23.4. The molecule has 7 heteroatoms. The molecule has 116 valence electrons. The number of rotatable bonds is 6. The first-order valence-electron chi connectivity index (χ1n) is 7.60. The maximum Gasteiger partial charge on any atom is 0.353 e. The summed E-state index contributed by atoms with van der Waals surface area (Å²) in [6, 6.07) is 0. The van der Waals surface area contributed by atoms with Crippen LogP contribution in [0.3, 0.4) is 0 Å². The van der Waals surface area contributed by atoms with Gasteiger partial charge in [-0.1, -0.05) is 13.3 Å². The minimum Gasteiger partial charge on any atom is -0.354 e. The van der Waals surface area contributed by atoms with Crippen molar-refractivity contribution in [2.24, 2.45) is 0 Å². The zero-order valence-electron chi connectivity index (χ0n) is 12.8. The van der Waals surface area contributed by atoms with E-state index in [0.29, 0.717) is 11.6 Å². The molecule has 0 aliphatic carbocycles. The largest absolute Gasteiger partial charge is 0.354 e. The highest BCUT2D eigenvalue weighted by atomic mass is 16.6. The molecule has 1 fully saturated rings. The SMILES string of the molecule is CCCCN(C)c1ncnc(N2CCCCC2)c1[N+](=O)[O-]. The van der Waals surface area contributed by atoms with Crippen LogP contribution >= 0.6 is 0 Å². The maximum atomic E-state index is 11.5. The van der Waals surface area contributed by atoms with Crippen LogP contribution in [0.25, 0.3) is 0 Å². The van der Waals surface area contributed by atoms with Crippen LogP contribution in [-0.4, -0.2) is 41.6 Å². The minimum absolute atomic E-state index is 0.0398. The third-order valence-electron chi connectivity index (χ3n) is 3.83. The van der Waals surface area contributed by atoms with Gasteiger partial charge in [0.05, 0.1) is 4.92 Å². The number of anilines is 2. The van der Waals surface area contributed by atoms with Crippen LogP contribution in [0.2, 0.25) is 0 Å². The Kier molecular flexibility index (Phi) is 5.30. The predicted molar refractivity (Wildman–Crippen MR) is 82.9 cm³/mol. The van der Waals surface area contributed by atoms with Gasteiger partial charge in [-0.2, -0.15) is 0 Å². The monoisotopic (exact) mass is 293 g/mol. The molecule has 1 saturated heterocycles. The zero-order chi connectivity index (χ0) is 15.2. The molecular formula is C14H23N5O2. The average molecular weight is 293 g/mol. The van der Waals surface area contributed by atoms with Crippen molar-refractivity contribution in [1.82, 2.24) is 9.97 Å². The lowest BCUT2D eigenvalue weighted by Gasteiger charge is -2.28. The lowest BCUT2D eigenvalue weighted by Crippen LogP contribution is -2.31. The molecule has 0 saturated carbocycles. The van der Waals surface area contributed by atoms with E-state index in [1.54, 1.807) is 0 Å². The maximum absolute atomic E-state index is 11.5. The van der Waals surface area contributed by atoms with E-state index in [2.05, 4.69) is 16.9 Å². The molecule has 2 heterocycles. The summed E-state index contributed by atoms with van der Waals surface area (Å²) in [5, 5.41) is 11.5. The van der Waals surface area contributed by atoms with E-state index in [1.807, 2.05) is 16.8 Å². The molecule has 0 amide bonds. The second kappa shape index (κ2) is 7.19. The molecule has 21 heavy (non-hydrogen) atoms. The third-order valence-corrected chi connectivity index (χ3v) is 3.83. The fourth-order valence-electron chi connectivity index (χ4n) is 2.64. The van der Waals surface area contributed by atoms with Gasteiger partial charge in [0.1, 0.15) is 6.33 Å². The Bertz CT molecular complexity index is 488. The number of piperidine rings is 1. The first kappa shape index (κ1) is 15.5. The van der Waals surface area contributed by atoms with Gasteiger partial charge < -0.3 is 9.80 Å². The summed E-state index contributed by atoms with van der Waals surface area (Å²) < 4.78 is 0. The van der Waals surface area contributed by atoms with Crippen molar-refractivity contribution >= 4 is 17.3 Å². The minimum atomic E-state index is -0.346. The van der Waals surface area contributed by atoms with Gasteiger partial charge in [0, 0.05) is 26.7 Å². The molecule has 0 N–H and O–H groups in total. The summed E-state index contributed by atoms with van der Waals surface area (Å²) >= 11 is 0. The lowest BCUT2D eigenvalue weighted by molar-refractivity contribution is -0.383. The van der Waals surface area contributed by atoms with Gasteiger partial charge >= 0.3 is 5.69 Å². The van der Waals surface area contributed by atoms with E-state index < -0.39 is 0 Å². The van der Waals surface area contributed by atoms with Gasteiger partial charge in [-0.25, -0.2) is 9.97 Å². The second-order valence-electron chi connectivity index (χ2n) is 5.45. The Morgan fingerprint density at radius 2 is 2.05 bits per heavy atom. The van der Waals surface area contributed by atoms with Crippen LogP contribution in [0.4, 0.5) is 17.3 Å². The Hall–Kier alpha value is -1.92. The number of hydrogen-bond acceptors (Lipinski definition) is 6.